The molecule has 1 N–H and O–H groups in total. The summed E-state index contributed by atoms with van der Waals surface area (Å²) in [6.07, 6.45) is 0. The summed E-state index contributed by atoms with van der Waals surface area (Å²) in [6, 6.07) is 23.2. The van der Waals surface area contributed by atoms with Gasteiger partial charge in [-0.3, -0.25) is 9.69 Å². The van der Waals surface area contributed by atoms with E-state index in [0.29, 0.717) is 37.1 Å². The van der Waals surface area contributed by atoms with Crippen molar-refractivity contribution in [2.45, 2.75) is 13.0 Å². The van der Waals surface area contributed by atoms with E-state index in [1.807, 2.05) is 55.5 Å². The van der Waals surface area contributed by atoms with Crippen molar-refractivity contribution in [2.24, 2.45) is 0 Å². The molecule has 190 valence electrons. The van der Waals surface area contributed by atoms with Crippen LogP contribution in [0, 0.1) is 6.92 Å². The molecule has 0 aliphatic carbocycles. The lowest BCUT2D eigenvalue weighted by atomic mass is 10.0. The highest BCUT2D eigenvalue weighted by Crippen LogP contribution is 2.26. The van der Waals surface area contributed by atoms with Gasteiger partial charge < -0.3 is 19.2 Å². The number of ether oxygens (including phenoxy) is 2. The average Bonchev–Trinajstić information content (AvgIpc) is 3.45. The molecule has 0 spiro atoms. The van der Waals surface area contributed by atoms with Crippen molar-refractivity contribution in [3.8, 4) is 28.7 Å². The quantitative estimate of drug-likeness (QED) is 0.382. The highest BCUT2D eigenvalue weighted by Gasteiger charge is 2.23. The smallest absolute Gasteiger partial charge is 0.251 e. The Labute approximate surface area is 216 Å². The first-order valence-corrected chi connectivity index (χ1v) is 12.4. The predicted molar refractivity (Wildman–Crippen MR) is 140 cm³/mol. The normalized spacial score (nSPS) is 14.8. The second-order valence-electron chi connectivity index (χ2n) is 9.00. The maximum Gasteiger partial charge on any atom is 0.251 e. The number of methoxy groups -OCH3 is 1. The molecule has 1 amide bonds. The van der Waals surface area contributed by atoms with E-state index in [-0.39, 0.29) is 11.9 Å². The van der Waals surface area contributed by atoms with Gasteiger partial charge in [0.05, 0.1) is 26.4 Å². The van der Waals surface area contributed by atoms with Crippen LogP contribution in [0.25, 0.3) is 22.9 Å². The number of aromatic nitrogens is 2. The van der Waals surface area contributed by atoms with Crippen LogP contribution >= 0.6 is 0 Å². The Bertz CT molecular complexity index is 1310. The predicted octanol–water partition coefficient (Wildman–Crippen LogP) is 4.52. The summed E-state index contributed by atoms with van der Waals surface area (Å²) in [4.78, 5) is 15.3. The van der Waals surface area contributed by atoms with Crippen LogP contribution in [0.5, 0.6) is 5.75 Å². The lowest BCUT2D eigenvalue weighted by Crippen LogP contribution is -2.43. The second kappa shape index (κ2) is 11.4. The van der Waals surface area contributed by atoms with Crippen molar-refractivity contribution >= 4 is 5.91 Å². The number of rotatable bonds is 8. The standard InChI is InChI=1S/C29H30N4O4/c1-20-3-5-23(6-4-20)28-31-32-29(37-28)24-9-7-22(8-10-24)27(34)30-19-26(33-15-17-36-18-16-33)21-11-13-25(35-2)14-12-21/h3-14,26H,15-19H2,1-2H3,(H,30,34)/t26-/m1/s1. The van der Waals surface area contributed by atoms with E-state index in [9.17, 15) is 4.79 Å². The first-order valence-electron chi connectivity index (χ1n) is 12.4. The van der Waals surface area contributed by atoms with Crippen molar-refractivity contribution in [1.29, 1.82) is 0 Å². The van der Waals surface area contributed by atoms with Gasteiger partial charge in [0.2, 0.25) is 11.8 Å². The molecule has 1 aliphatic rings. The van der Waals surface area contributed by atoms with Crippen molar-refractivity contribution in [3.05, 3.63) is 89.5 Å². The summed E-state index contributed by atoms with van der Waals surface area (Å²) in [6.45, 7) is 5.51. The fourth-order valence-electron chi connectivity index (χ4n) is 4.38. The maximum absolute atomic E-state index is 13.0. The van der Waals surface area contributed by atoms with E-state index in [4.69, 9.17) is 13.9 Å². The zero-order valence-corrected chi connectivity index (χ0v) is 21.0. The molecule has 8 heteroatoms. The summed E-state index contributed by atoms with van der Waals surface area (Å²) in [5.41, 5.74) is 4.48. The summed E-state index contributed by atoms with van der Waals surface area (Å²) >= 11 is 0. The first-order chi connectivity index (χ1) is 18.1. The molecule has 0 unspecified atom stereocenters. The van der Waals surface area contributed by atoms with E-state index in [1.165, 1.54) is 0 Å². The van der Waals surface area contributed by atoms with Crippen LogP contribution in [0.1, 0.15) is 27.5 Å². The number of benzene rings is 3. The Morgan fingerprint density at radius 1 is 0.919 bits per heavy atom. The third-order valence-electron chi connectivity index (χ3n) is 6.56. The van der Waals surface area contributed by atoms with Crippen molar-refractivity contribution in [2.75, 3.05) is 40.0 Å². The maximum atomic E-state index is 13.0. The summed E-state index contributed by atoms with van der Waals surface area (Å²) in [5, 5.41) is 11.4. The molecule has 8 nitrogen and oxygen atoms in total. The van der Waals surface area contributed by atoms with Crippen LogP contribution in [0.15, 0.2) is 77.2 Å². The lowest BCUT2D eigenvalue weighted by Gasteiger charge is -2.35. The topological polar surface area (TPSA) is 89.7 Å². The number of nitrogens with one attached hydrogen (secondary N) is 1. The number of carbonyl (C=O) groups is 1. The molecule has 3 aromatic carbocycles. The van der Waals surface area contributed by atoms with Gasteiger partial charge in [-0.25, -0.2) is 0 Å². The largest absolute Gasteiger partial charge is 0.497 e. The molecule has 37 heavy (non-hydrogen) atoms. The van der Waals surface area contributed by atoms with Gasteiger partial charge >= 0.3 is 0 Å². The zero-order valence-electron chi connectivity index (χ0n) is 21.0. The van der Waals surface area contributed by atoms with E-state index in [2.05, 4.69) is 32.5 Å². The molecule has 1 saturated heterocycles. The number of hydrogen-bond acceptors (Lipinski definition) is 7. The zero-order chi connectivity index (χ0) is 25.6. The first kappa shape index (κ1) is 24.7. The van der Waals surface area contributed by atoms with Crippen LogP contribution in [0.3, 0.4) is 0 Å². The summed E-state index contributed by atoms with van der Waals surface area (Å²) < 4.78 is 16.7. The molecule has 4 aromatic rings. The molecule has 5 rings (SSSR count). The van der Waals surface area contributed by atoms with E-state index >= 15 is 0 Å². The highest BCUT2D eigenvalue weighted by molar-refractivity contribution is 5.94. The third kappa shape index (κ3) is 5.87. The van der Waals surface area contributed by atoms with E-state index in [0.717, 1.165) is 41.1 Å². The molecule has 1 fully saturated rings. The third-order valence-corrected chi connectivity index (χ3v) is 6.56. The van der Waals surface area contributed by atoms with Gasteiger partial charge in [0, 0.05) is 36.3 Å². The van der Waals surface area contributed by atoms with Gasteiger partial charge in [-0.15, -0.1) is 10.2 Å². The molecule has 0 radical (unpaired) electrons. The van der Waals surface area contributed by atoms with Crippen molar-refractivity contribution in [1.82, 2.24) is 20.4 Å². The molecule has 1 atom stereocenters. The molecule has 0 bridgehead atoms. The highest BCUT2D eigenvalue weighted by atomic mass is 16.5. The fourth-order valence-corrected chi connectivity index (χ4v) is 4.38. The van der Waals surface area contributed by atoms with Crippen LogP contribution in [-0.4, -0.2) is 61.0 Å². The van der Waals surface area contributed by atoms with Gasteiger partial charge in [-0.05, 0) is 61.0 Å². The molecule has 1 aromatic heterocycles. The minimum Gasteiger partial charge on any atom is -0.497 e. The Hall–Kier alpha value is -4.01. The van der Waals surface area contributed by atoms with Crippen LogP contribution < -0.4 is 10.1 Å². The van der Waals surface area contributed by atoms with Crippen molar-refractivity contribution < 1.29 is 18.7 Å². The van der Waals surface area contributed by atoms with Gasteiger partial charge in [0.1, 0.15) is 5.75 Å². The number of carbonyl (C=O) groups excluding carboxylic acids is 1. The van der Waals surface area contributed by atoms with Crippen LogP contribution in [0.4, 0.5) is 0 Å². The van der Waals surface area contributed by atoms with E-state index in [1.54, 1.807) is 19.2 Å². The summed E-state index contributed by atoms with van der Waals surface area (Å²) in [5.74, 6) is 1.55. The Morgan fingerprint density at radius 2 is 1.51 bits per heavy atom. The molecular formula is C29H30N4O4. The molecular weight excluding hydrogens is 468 g/mol. The van der Waals surface area contributed by atoms with Gasteiger partial charge in [0.25, 0.3) is 5.91 Å². The fraction of sp³-hybridized carbons (Fsp3) is 0.276. The van der Waals surface area contributed by atoms with Gasteiger partial charge in [-0.1, -0.05) is 29.8 Å². The van der Waals surface area contributed by atoms with Crippen molar-refractivity contribution in [3.63, 3.8) is 0 Å². The lowest BCUT2D eigenvalue weighted by molar-refractivity contribution is 0.0162. The molecule has 0 saturated carbocycles. The number of amides is 1. The molecule has 1 aliphatic heterocycles. The van der Waals surface area contributed by atoms with Crippen LogP contribution in [0.2, 0.25) is 0 Å². The van der Waals surface area contributed by atoms with Gasteiger partial charge in [0.15, 0.2) is 0 Å². The average molecular weight is 499 g/mol. The van der Waals surface area contributed by atoms with E-state index < -0.39 is 0 Å². The Kier molecular flexibility index (Phi) is 7.58. The second-order valence-corrected chi connectivity index (χ2v) is 9.00. The number of morpholine rings is 1. The molecule has 2 heterocycles. The van der Waals surface area contributed by atoms with Gasteiger partial charge in [-0.2, -0.15) is 0 Å². The minimum atomic E-state index is -0.135. The minimum absolute atomic E-state index is 0.0385. The Morgan fingerprint density at radius 3 is 2.11 bits per heavy atom. The number of hydrogen-bond donors (Lipinski definition) is 1. The number of nitrogens with zero attached hydrogens (tertiary/aromatic N) is 3. The summed E-state index contributed by atoms with van der Waals surface area (Å²) in [7, 11) is 1.65. The Balaban J connectivity index is 1.25. The van der Waals surface area contributed by atoms with Crippen LogP contribution in [-0.2, 0) is 4.74 Å². The number of aryl methyl sites for hydroxylation is 1. The monoisotopic (exact) mass is 498 g/mol. The SMILES string of the molecule is COc1ccc([C@@H](CNC(=O)c2ccc(-c3nnc(-c4ccc(C)cc4)o3)cc2)N2CCOCC2)cc1.